The molecule has 0 unspecified atom stereocenters. The van der Waals surface area contributed by atoms with Crippen molar-refractivity contribution in [1.29, 1.82) is 0 Å². The molecule has 2 rings (SSSR count). The summed E-state index contributed by atoms with van der Waals surface area (Å²) in [7, 11) is 0. The standard InChI is InChI=1S/C16H19N3O2/c1-3-17-13-8-9-15(18-11-13)16(20)19-12-6-5-7-14(10-12)21-4-2/h5-11,17H,3-4H2,1-2H3,(H,19,20). The second-order valence-electron chi connectivity index (χ2n) is 4.38. The molecule has 0 saturated carbocycles. The molecule has 21 heavy (non-hydrogen) atoms. The Morgan fingerprint density at radius 3 is 2.71 bits per heavy atom. The summed E-state index contributed by atoms with van der Waals surface area (Å²) in [5, 5.41) is 5.94. The molecule has 1 heterocycles. The van der Waals surface area contributed by atoms with Gasteiger partial charge in [-0.05, 0) is 38.1 Å². The van der Waals surface area contributed by atoms with E-state index in [-0.39, 0.29) is 5.91 Å². The number of anilines is 2. The zero-order valence-electron chi connectivity index (χ0n) is 12.2. The van der Waals surface area contributed by atoms with Crippen LogP contribution in [-0.4, -0.2) is 24.0 Å². The first-order chi connectivity index (χ1) is 10.2. The van der Waals surface area contributed by atoms with Gasteiger partial charge in [-0.3, -0.25) is 4.79 Å². The van der Waals surface area contributed by atoms with Crippen LogP contribution in [0.3, 0.4) is 0 Å². The number of amides is 1. The molecule has 0 bridgehead atoms. The van der Waals surface area contributed by atoms with E-state index < -0.39 is 0 Å². The second kappa shape index (κ2) is 7.28. The van der Waals surface area contributed by atoms with Gasteiger partial charge in [0.2, 0.25) is 0 Å². The zero-order chi connectivity index (χ0) is 15.1. The first kappa shape index (κ1) is 14.8. The van der Waals surface area contributed by atoms with E-state index in [1.807, 2.05) is 38.1 Å². The van der Waals surface area contributed by atoms with Gasteiger partial charge in [-0.25, -0.2) is 4.98 Å². The van der Waals surface area contributed by atoms with Crippen molar-refractivity contribution in [3.8, 4) is 5.75 Å². The Labute approximate surface area is 124 Å². The first-order valence-electron chi connectivity index (χ1n) is 6.97. The van der Waals surface area contributed by atoms with Crippen LogP contribution in [0.5, 0.6) is 5.75 Å². The van der Waals surface area contributed by atoms with Gasteiger partial charge in [0.25, 0.3) is 5.91 Å². The summed E-state index contributed by atoms with van der Waals surface area (Å²) >= 11 is 0. The third kappa shape index (κ3) is 4.21. The van der Waals surface area contributed by atoms with E-state index in [1.165, 1.54) is 0 Å². The zero-order valence-corrected chi connectivity index (χ0v) is 12.2. The predicted octanol–water partition coefficient (Wildman–Crippen LogP) is 3.16. The van der Waals surface area contributed by atoms with Crippen molar-refractivity contribution in [2.45, 2.75) is 13.8 Å². The van der Waals surface area contributed by atoms with Gasteiger partial charge >= 0.3 is 0 Å². The maximum atomic E-state index is 12.1. The Morgan fingerprint density at radius 1 is 1.19 bits per heavy atom. The van der Waals surface area contributed by atoms with Crippen LogP contribution in [0.2, 0.25) is 0 Å². The molecule has 0 fully saturated rings. The van der Waals surface area contributed by atoms with Gasteiger partial charge in [0.1, 0.15) is 11.4 Å². The minimum absolute atomic E-state index is 0.244. The molecule has 2 aromatic rings. The van der Waals surface area contributed by atoms with E-state index in [2.05, 4.69) is 15.6 Å². The van der Waals surface area contributed by atoms with Crippen LogP contribution in [0.4, 0.5) is 11.4 Å². The lowest BCUT2D eigenvalue weighted by molar-refractivity contribution is 0.102. The van der Waals surface area contributed by atoms with Gasteiger partial charge < -0.3 is 15.4 Å². The number of aromatic nitrogens is 1. The van der Waals surface area contributed by atoms with E-state index >= 15 is 0 Å². The molecule has 0 atom stereocenters. The molecule has 110 valence electrons. The Balaban J connectivity index is 2.05. The third-order valence-corrected chi connectivity index (χ3v) is 2.78. The van der Waals surface area contributed by atoms with Crippen molar-refractivity contribution < 1.29 is 9.53 Å². The Morgan fingerprint density at radius 2 is 2.05 bits per heavy atom. The van der Waals surface area contributed by atoms with Crippen LogP contribution in [-0.2, 0) is 0 Å². The molecular formula is C16H19N3O2. The highest BCUT2D eigenvalue weighted by atomic mass is 16.5. The minimum atomic E-state index is -0.244. The molecule has 0 aliphatic rings. The molecule has 0 saturated heterocycles. The average molecular weight is 285 g/mol. The van der Waals surface area contributed by atoms with Crippen LogP contribution in [0.15, 0.2) is 42.6 Å². The Hall–Kier alpha value is -2.56. The van der Waals surface area contributed by atoms with Gasteiger partial charge in [-0.2, -0.15) is 0 Å². The van der Waals surface area contributed by atoms with E-state index in [9.17, 15) is 4.79 Å². The lowest BCUT2D eigenvalue weighted by atomic mass is 10.2. The quantitative estimate of drug-likeness (QED) is 0.855. The van der Waals surface area contributed by atoms with Crippen LogP contribution in [0, 0.1) is 0 Å². The largest absolute Gasteiger partial charge is 0.494 e. The van der Waals surface area contributed by atoms with Gasteiger partial charge in [0, 0.05) is 18.3 Å². The summed E-state index contributed by atoms with van der Waals surface area (Å²) in [4.78, 5) is 16.3. The van der Waals surface area contributed by atoms with Crippen molar-refractivity contribution >= 4 is 17.3 Å². The van der Waals surface area contributed by atoms with Crippen molar-refractivity contribution in [2.75, 3.05) is 23.8 Å². The highest BCUT2D eigenvalue weighted by molar-refractivity contribution is 6.03. The van der Waals surface area contributed by atoms with Crippen molar-refractivity contribution in [3.05, 3.63) is 48.3 Å². The normalized spacial score (nSPS) is 10.0. The molecule has 0 aliphatic heterocycles. The van der Waals surface area contributed by atoms with E-state index in [1.54, 1.807) is 18.3 Å². The summed E-state index contributed by atoms with van der Waals surface area (Å²) in [6.45, 7) is 5.33. The predicted molar refractivity (Wildman–Crippen MR) is 84.0 cm³/mol. The van der Waals surface area contributed by atoms with Gasteiger partial charge in [-0.1, -0.05) is 6.07 Å². The third-order valence-electron chi connectivity index (χ3n) is 2.78. The monoisotopic (exact) mass is 285 g/mol. The number of carbonyl (C=O) groups excluding carboxylic acids is 1. The number of nitrogens with zero attached hydrogens (tertiary/aromatic N) is 1. The number of benzene rings is 1. The molecule has 0 spiro atoms. The molecule has 0 radical (unpaired) electrons. The topological polar surface area (TPSA) is 63.2 Å². The van der Waals surface area contributed by atoms with Crippen LogP contribution in [0.25, 0.3) is 0 Å². The maximum absolute atomic E-state index is 12.1. The van der Waals surface area contributed by atoms with E-state index in [0.29, 0.717) is 18.0 Å². The van der Waals surface area contributed by atoms with Crippen LogP contribution < -0.4 is 15.4 Å². The molecule has 1 aromatic heterocycles. The summed E-state index contributed by atoms with van der Waals surface area (Å²) in [6.07, 6.45) is 1.65. The molecule has 2 N–H and O–H groups in total. The highest BCUT2D eigenvalue weighted by Gasteiger charge is 2.08. The number of carbonyl (C=O) groups is 1. The van der Waals surface area contributed by atoms with Crippen LogP contribution >= 0.6 is 0 Å². The van der Waals surface area contributed by atoms with Crippen molar-refractivity contribution in [3.63, 3.8) is 0 Å². The molecule has 5 heteroatoms. The highest BCUT2D eigenvalue weighted by Crippen LogP contribution is 2.18. The Bertz CT molecular complexity index is 597. The fourth-order valence-electron chi connectivity index (χ4n) is 1.86. The number of pyridine rings is 1. The van der Waals surface area contributed by atoms with Crippen molar-refractivity contribution in [2.24, 2.45) is 0 Å². The summed E-state index contributed by atoms with van der Waals surface area (Å²) in [5.74, 6) is 0.484. The molecule has 5 nitrogen and oxygen atoms in total. The fourth-order valence-corrected chi connectivity index (χ4v) is 1.86. The number of rotatable bonds is 6. The lowest BCUT2D eigenvalue weighted by Gasteiger charge is -2.08. The second-order valence-corrected chi connectivity index (χ2v) is 4.38. The first-order valence-corrected chi connectivity index (χ1v) is 6.97. The number of ether oxygens (including phenoxy) is 1. The Kier molecular flexibility index (Phi) is 5.15. The summed E-state index contributed by atoms with van der Waals surface area (Å²) in [5.41, 5.74) is 1.95. The maximum Gasteiger partial charge on any atom is 0.274 e. The molecule has 1 aromatic carbocycles. The minimum Gasteiger partial charge on any atom is -0.494 e. The van der Waals surface area contributed by atoms with Gasteiger partial charge in [0.15, 0.2) is 0 Å². The molecule has 1 amide bonds. The van der Waals surface area contributed by atoms with Gasteiger partial charge in [0.05, 0.1) is 18.5 Å². The molecule has 0 aliphatic carbocycles. The number of hydrogen-bond donors (Lipinski definition) is 2. The SMILES string of the molecule is CCNc1ccc(C(=O)Nc2cccc(OCC)c2)nc1. The summed E-state index contributed by atoms with van der Waals surface area (Å²) in [6, 6.07) is 10.8. The van der Waals surface area contributed by atoms with E-state index in [4.69, 9.17) is 4.74 Å². The fraction of sp³-hybridized carbons (Fsp3) is 0.250. The number of nitrogens with one attached hydrogen (secondary N) is 2. The lowest BCUT2D eigenvalue weighted by Crippen LogP contribution is -2.13. The average Bonchev–Trinajstić information content (AvgIpc) is 2.49. The summed E-state index contributed by atoms with van der Waals surface area (Å²) < 4.78 is 5.40. The van der Waals surface area contributed by atoms with E-state index in [0.717, 1.165) is 18.0 Å². The smallest absolute Gasteiger partial charge is 0.274 e. The number of hydrogen-bond acceptors (Lipinski definition) is 4. The van der Waals surface area contributed by atoms with Crippen LogP contribution in [0.1, 0.15) is 24.3 Å². The van der Waals surface area contributed by atoms with Gasteiger partial charge in [-0.15, -0.1) is 0 Å². The molecular weight excluding hydrogens is 266 g/mol. The van der Waals surface area contributed by atoms with Crippen molar-refractivity contribution in [1.82, 2.24) is 4.98 Å².